The highest BCUT2D eigenvalue weighted by Gasteiger charge is 2.43. The number of allylic oxidation sites excluding steroid dienone is 2. The second kappa shape index (κ2) is 12.6. The number of halogens is 1. The Kier molecular flexibility index (Phi) is 9.70. The normalized spacial score (nSPS) is 23.3. The molecule has 4 rings (SSSR count). The number of anilines is 1. The van der Waals surface area contributed by atoms with Crippen LogP contribution < -0.4 is 5.32 Å². The Hall–Kier alpha value is -2.87. The number of aromatic nitrogens is 3. The molecular weight excluding hydrogens is 561 g/mol. The lowest BCUT2D eigenvalue weighted by Gasteiger charge is -2.45. The minimum Gasteiger partial charge on any atom is -0.367 e. The van der Waals surface area contributed by atoms with Gasteiger partial charge in [-0.1, -0.05) is 39.6 Å². The van der Waals surface area contributed by atoms with E-state index in [1.54, 1.807) is 10.8 Å². The fraction of sp³-hybridized carbons (Fsp3) is 0.636. The maximum absolute atomic E-state index is 14.1. The van der Waals surface area contributed by atoms with Crippen molar-refractivity contribution < 1.29 is 18.7 Å². The summed E-state index contributed by atoms with van der Waals surface area (Å²) in [7, 11) is -1.27. The van der Waals surface area contributed by atoms with Crippen molar-refractivity contribution >= 4 is 25.2 Å². The monoisotopic (exact) mass is 609 g/mol. The van der Waals surface area contributed by atoms with Crippen molar-refractivity contribution in [3.8, 4) is 6.07 Å². The molecule has 0 bridgehead atoms. The summed E-state index contributed by atoms with van der Waals surface area (Å²) < 4.78 is 27.7. The third-order valence-corrected chi connectivity index (χ3v) is 10.1. The molecule has 1 amide bonds. The molecule has 2 aromatic rings. The molecule has 2 aromatic heterocycles. The molecule has 2 atom stereocenters. The van der Waals surface area contributed by atoms with Crippen molar-refractivity contribution in [2.24, 2.45) is 5.41 Å². The molecule has 2 unspecified atom stereocenters. The van der Waals surface area contributed by atoms with Crippen molar-refractivity contribution in [1.82, 2.24) is 14.5 Å². The SMILES string of the molecule is CC1(C)CC=C(c2nc(C3CC(C)(C)OC(C)(CF)C3)ccc2NC(=O)c2nc(C#N)cn2COCC[Si](C)(C)C)CC1. The Morgan fingerprint density at radius 1 is 1.21 bits per heavy atom. The third kappa shape index (κ3) is 8.61. The molecule has 0 radical (unpaired) electrons. The number of imidazole rings is 1. The van der Waals surface area contributed by atoms with Crippen LogP contribution in [0.2, 0.25) is 25.7 Å². The van der Waals surface area contributed by atoms with Gasteiger partial charge in [0.25, 0.3) is 5.91 Å². The molecule has 1 aliphatic carbocycles. The summed E-state index contributed by atoms with van der Waals surface area (Å²) in [4.78, 5) is 23.1. The third-order valence-electron chi connectivity index (χ3n) is 8.40. The minimum absolute atomic E-state index is 0.0130. The number of hydrogen-bond donors (Lipinski definition) is 1. The number of nitrogens with one attached hydrogen (secondary N) is 1. The van der Waals surface area contributed by atoms with E-state index in [1.807, 2.05) is 39.0 Å². The first-order valence-corrected chi connectivity index (χ1v) is 19.1. The Morgan fingerprint density at radius 2 is 1.95 bits per heavy atom. The number of pyridine rings is 1. The van der Waals surface area contributed by atoms with Gasteiger partial charge in [-0.2, -0.15) is 5.26 Å². The van der Waals surface area contributed by atoms with Gasteiger partial charge in [0.1, 0.15) is 19.5 Å². The van der Waals surface area contributed by atoms with Gasteiger partial charge in [-0.05, 0) is 82.0 Å². The lowest BCUT2D eigenvalue weighted by molar-refractivity contribution is -0.178. The zero-order chi connectivity index (χ0) is 31.6. The standard InChI is InChI=1S/C33H48FN5O3Si/c1-31(2)13-11-23(12-14-31)28-27(10-9-26(37-28)24-17-32(3,4)42-33(5,18-24)21-34)38-30(40)29-36-25(19-35)20-39(29)22-41-15-16-43(6,7)8/h9-11,20,24H,12-18,21-22H2,1-8H3,(H,38,40). The van der Waals surface area contributed by atoms with Crippen LogP contribution in [0.25, 0.3) is 5.57 Å². The van der Waals surface area contributed by atoms with E-state index in [0.717, 1.165) is 48.7 Å². The van der Waals surface area contributed by atoms with Crippen LogP contribution in [-0.2, 0) is 16.2 Å². The smallest absolute Gasteiger partial charge is 0.291 e. The first-order chi connectivity index (χ1) is 20.0. The molecule has 0 aromatic carbocycles. The van der Waals surface area contributed by atoms with Crippen molar-refractivity contribution in [3.63, 3.8) is 0 Å². The lowest BCUT2D eigenvalue weighted by atomic mass is 9.77. The highest BCUT2D eigenvalue weighted by atomic mass is 28.3. The maximum Gasteiger partial charge on any atom is 0.291 e. The van der Waals surface area contributed by atoms with Gasteiger partial charge in [-0.3, -0.25) is 9.78 Å². The number of hydrogen-bond acceptors (Lipinski definition) is 6. The number of nitrogens with zero attached hydrogens (tertiary/aromatic N) is 4. The van der Waals surface area contributed by atoms with Crippen LogP contribution in [0.4, 0.5) is 10.1 Å². The van der Waals surface area contributed by atoms with Gasteiger partial charge in [0.05, 0.1) is 22.6 Å². The van der Waals surface area contributed by atoms with Gasteiger partial charge < -0.3 is 19.4 Å². The Bertz CT molecular complexity index is 1400. The van der Waals surface area contributed by atoms with E-state index in [-0.39, 0.29) is 29.6 Å². The fourth-order valence-electron chi connectivity index (χ4n) is 6.04. The van der Waals surface area contributed by atoms with E-state index in [9.17, 15) is 14.4 Å². The van der Waals surface area contributed by atoms with E-state index in [2.05, 4.69) is 49.9 Å². The first-order valence-electron chi connectivity index (χ1n) is 15.3. The number of carbonyl (C=O) groups is 1. The second-order valence-electron chi connectivity index (χ2n) is 15.1. The van der Waals surface area contributed by atoms with E-state index in [4.69, 9.17) is 14.5 Å². The van der Waals surface area contributed by atoms with Crippen molar-refractivity contribution in [2.75, 3.05) is 18.6 Å². The number of carbonyl (C=O) groups excluding carboxylic acids is 1. The summed E-state index contributed by atoms with van der Waals surface area (Å²) in [6.07, 6.45) is 7.79. The zero-order valence-corrected chi connectivity index (χ0v) is 28.1. The van der Waals surface area contributed by atoms with E-state index in [0.29, 0.717) is 18.7 Å². The fourth-order valence-corrected chi connectivity index (χ4v) is 6.79. The van der Waals surface area contributed by atoms with Crippen molar-refractivity contribution in [3.05, 3.63) is 47.3 Å². The Balaban J connectivity index is 1.64. The van der Waals surface area contributed by atoms with Crippen LogP contribution in [-0.4, -0.2) is 53.0 Å². The summed E-state index contributed by atoms with van der Waals surface area (Å²) >= 11 is 0. The summed E-state index contributed by atoms with van der Waals surface area (Å²) in [5, 5.41) is 12.5. The van der Waals surface area contributed by atoms with Gasteiger partial charge in [-0.25, -0.2) is 9.37 Å². The van der Waals surface area contributed by atoms with Crippen LogP contribution in [0.5, 0.6) is 0 Å². The van der Waals surface area contributed by atoms with E-state index >= 15 is 0 Å². The molecule has 1 N–H and O–H groups in total. The van der Waals surface area contributed by atoms with Gasteiger partial charge in [0, 0.05) is 32.5 Å². The minimum atomic E-state index is -1.27. The van der Waals surface area contributed by atoms with Gasteiger partial charge in [0.2, 0.25) is 5.82 Å². The summed E-state index contributed by atoms with van der Waals surface area (Å²) in [6, 6.07) is 6.86. The summed E-state index contributed by atoms with van der Waals surface area (Å²) in [5.41, 5.74) is 2.28. The molecule has 3 heterocycles. The van der Waals surface area contributed by atoms with E-state index in [1.165, 1.54) is 0 Å². The molecule has 1 saturated heterocycles. The quantitative estimate of drug-likeness (QED) is 0.219. The van der Waals surface area contributed by atoms with Crippen LogP contribution in [0.3, 0.4) is 0 Å². The molecule has 43 heavy (non-hydrogen) atoms. The van der Waals surface area contributed by atoms with Gasteiger partial charge >= 0.3 is 0 Å². The Morgan fingerprint density at radius 3 is 2.58 bits per heavy atom. The number of amides is 1. The van der Waals surface area contributed by atoms with Crippen LogP contribution in [0.15, 0.2) is 24.4 Å². The molecule has 1 fully saturated rings. The molecule has 2 aliphatic rings. The number of rotatable bonds is 10. The Labute approximate surface area is 257 Å². The van der Waals surface area contributed by atoms with Crippen LogP contribution >= 0.6 is 0 Å². The van der Waals surface area contributed by atoms with Crippen LogP contribution in [0, 0.1) is 16.7 Å². The predicted octanol–water partition coefficient (Wildman–Crippen LogP) is 7.71. The summed E-state index contributed by atoms with van der Waals surface area (Å²) in [5.74, 6) is -0.303. The average Bonchev–Trinajstić information content (AvgIpc) is 3.33. The number of nitriles is 1. The molecule has 0 saturated carbocycles. The van der Waals surface area contributed by atoms with Gasteiger partial charge in [0.15, 0.2) is 5.69 Å². The second-order valence-corrected chi connectivity index (χ2v) is 20.7. The van der Waals surface area contributed by atoms with E-state index < -0.39 is 31.9 Å². The average molecular weight is 610 g/mol. The zero-order valence-electron chi connectivity index (χ0n) is 27.1. The highest BCUT2D eigenvalue weighted by molar-refractivity contribution is 6.76. The molecule has 1 aliphatic heterocycles. The molecule has 8 nitrogen and oxygen atoms in total. The number of ether oxygens (including phenoxy) is 2. The van der Waals surface area contributed by atoms with Gasteiger partial charge in [-0.15, -0.1) is 0 Å². The van der Waals surface area contributed by atoms with Crippen LogP contribution in [0.1, 0.15) is 100 Å². The number of alkyl halides is 1. The first kappa shape index (κ1) is 33.0. The predicted molar refractivity (Wildman–Crippen MR) is 170 cm³/mol. The topological polar surface area (TPSA) is 102 Å². The summed E-state index contributed by atoms with van der Waals surface area (Å²) in [6.45, 7) is 17.3. The molecular formula is C33H48FN5O3Si. The molecule has 234 valence electrons. The van der Waals surface area contributed by atoms with Crippen molar-refractivity contribution in [1.29, 1.82) is 5.26 Å². The lowest BCUT2D eigenvalue weighted by Crippen LogP contribution is -2.47. The largest absolute Gasteiger partial charge is 0.367 e. The van der Waals surface area contributed by atoms with Crippen molar-refractivity contribution in [2.45, 2.75) is 116 Å². The maximum atomic E-state index is 14.1. The highest BCUT2D eigenvalue weighted by Crippen LogP contribution is 2.45. The molecule has 10 heteroatoms. The molecule has 0 spiro atoms.